The van der Waals surface area contributed by atoms with E-state index in [-0.39, 0.29) is 32.2 Å². The summed E-state index contributed by atoms with van der Waals surface area (Å²) in [7, 11) is 0. The van der Waals surface area contributed by atoms with Crippen molar-refractivity contribution in [3.63, 3.8) is 0 Å². The smallest absolute Gasteiger partial charge is 0.303 e. The number of carboxylic acids is 1. The van der Waals surface area contributed by atoms with Gasteiger partial charge < -0.3 is 15.2 Å². The molecule has 21 heavy (non-hydrogen) atoms. The fraction of sp³-hybridized carbons (Fsp3) is 0.462. The molecule has 1 rings (SSSR count). The molecule has 0 radical (unpaired) electrons. The number of carboxylic acid groups (broad SMARTS) is 1. The lowest BCUT2D eigenvalue weighted by Gasteiger charge is -2.14. The zero-order valence-electron chi connectivity index (χ0n) is 11.3. The normalized spacial score (nSPS) is 15.1. The number of hydrogen-bond donors (Lipinski definition) is 2. The van der Waals surface area contributed by atoms with Gasteiger partial charge in [-0.15, -0.1) is 0 Å². The van der Waals surface area contributed by atoms with E-state index < -0.39 is 29.7 Å². The molecule has 1 heterocycles. The molecule has 0 aromatic heterocycles. The number of nitrogens with zero attached hydrogens (tertiary/aromatic N) is 1. The van der Waals surface area contributed by atoms with Crippen LogP contribution in [0.1, 0.15) is 25.7 Å². The van der Waals surface area contributed by atoms with E-state index >= 15 is 0 Å². The summed E-state index contributed by atoms with van der Waals surface area (Å²) in [6.45, 7) is 0.124. The largest absolute Gasteiger partial charge is 0.481 e. The topological polar surface area (TPSA) is 121 Å². The summed E-state index contributed by atoms with van der Waals surface area (Å²) in [5, 5.41) is 10.9. The van der Waals surface area contributed by atoms with E-state index in [9.17, 15) is 24.0 Å². The minimum atomic E-state index is -1.05. The van der Waals surface area contributed by atoms with Crippen molar-refractivity contribution >= 4 is 30.0 Å². The van der Waals surface area contributed by atoms with Crippen LogP contribution in [0.3, 0.4) is 0 Å². The Balaban J connectivity index is 2.27. The van der Waals surface area contributed by atoms with Gasteiger partial charge in [0, 0.05) is 31.5 Å². The molecular weight excluding hydrogens is 280 g/mol. The van der Waals surface area contributed by atoms with Crippen LogP contribution in [0.5, 0.6) is 0 Å². The molecule has 2 N–H and O–H groups in total. The molecule has 1 aliphatic heterocycles. The van der Waals surface area contributed by atoms with Crippen molar-refractivity contribution in [1.29, 1.82) is 0 Å². The highest BCUT2D eigenvalue weighted by Gasteiger charge is 2.22. The summed E-state index contributed by atoms with van der Waals surface area (Å²) in [4.78, 5) is 56.2. The van der Waals surface area contributed by atoms with Crippen LogP contribution in [-0.4, -0.2) is 52.6 Å². The van der Waals surface area contributed by atoms with Crippen LogP contribution in [0.15, 0.2) is 12.2 Å². The molecule has 3 amide bonds. The molecule has 0 saturated carbocycles. The van der Waals surface area contributed by atoms with Gasteiger partial charge in [-0.05, 0) is 12.8 Å². The van der Waals surface area contributed by atoms with Gasteiger partial charge in [0.05, 0.1) is 6.04 Å². The van der Waals surface area contributed by atoms with Gasteiger partial charge in [0.25, 0.3) is 11.8 Å². The minimum Gasteiger partial charge on any atom is -0.481 e. The number of aldehydes is 1. The number of rotatable bonds is 9. The summed E-state index contributed by atoms with van der Waals surface area (Å²) in [5.41, 5.74) is 0. The molecule has 0 saturated heterocycles. The molecule has 8 heteroatoms. The van der Waals surface area contributed by atoms with Crippen LogP contribution in [0.25, 0.3) is 0 Å². The maximum absolute atomic E-state index is 11.6. The highest BCUT2D eigenvalue weighted by atomic mass is 16.4. The Labute approximate surface area is 120 Å². The van der Waals surface area contributed by atoms with Crippen molar-refractivity contribution in [2.75, 3.05) is 6.54 Å². The van der Waals surface area contributed by atoms with E-state index in [0.29, 0.717) is 6.29 Å². The van der Waals surface area contributed by atoms with Crippen LogP contribution in [0.2, 0.25) is 0 Å². The summed E-state index contributed by atoms with van der Waals surface area (Å²) < 4.78 is 0. The van der Waals surface area contributed by atoms with Crippen molar-refractivity contribution in [2.45, 2.75) is 31.7 Å². The Kier molecular flexibility index (Phi) is 6.25. The van der Waals surface area contributed by atoms with Gasteiger partial charge in [-0.3, -0.25) is 24.1 Å². The number of aliphatic carboxylic acids is 1. The molecule has 8 nitrogen and oxygen atoms in total. The molecule has 0 spiro atoms. The van der Waals surface area contributed by atoms with Gasteiger partial charge in [-0.2, -0.15) is 0 Å². The minimum absolute atomic E-state index is 0.0254. The SMILES string of the molecule is O=CC(CCC(=O)O)NC(=O)CCCN1C(=O)C=CC1=O. The zero-order chi connectivity index (χ0) is 15.8. The lowest BCUT2D eigenvalue weighted by atomic mass is 10.1. The van der Waals surface area contributed by atoms with E-state index in [4.69, 9.17) is 5.11 Å². The lowest BCUT2D eigenvalue weighted by molar-refractivity contribution is -0.138. The summed E-state index contributed by atoms with van der Waals surface area (Å²) in [6.07, 6.45) is 2.93. The second-order valence-electron chi connectivity index (χ2n) is 4.51. The second kappa shape index (κ2) is 7.93. The highest BCUT2D eigenvalue weighted by Crippen LogP contribution is 2.05. The van der Waals surface area contributed by atoms with E-state index in [1.165, 1.54) is 0 Å². The molecule has 1 atom stereocenters. The van der Waals surface area contributed by atoms with Crippen molar-refractivity contribution in [1.82, 2.24) is 10.2 Å². The van der Waals surface area contributed by atoms with Crippen LogP contribution in [0, 0.1) is 0 Å². The molecular formula is C13H16N2O6. The number of imide groups is 1. The first-order valence-corrected chi connectivity index (χ1v) is 6.44. The van der Waals surface area contributed by atoms with E-state index in [2.05, 4.69) is 5.32 Å². The molecule has 0 aromatic carbocycles. The lowest BCUT2D eigenvalue weighted by Crippen LogP contribution is -2.37. The Morgan fingerprint density at radius 1 is 1.24 bits per heavy atom. The molecule has 0 fully saturated rings. The van der Waals surface area contributed by atoms with Crippen LogP contribution in [-0.2, 0) is 24.0 Å². The van der Waals surface area contributed by atoms with Crippen molar-refractivity contribution in [3.8, 4) is 0 Å². The first kappa shape index (κ1) is 16.5. The number of nitrogens with one attached hydrogen (secondary N) is 1. The summed E-state index contributed by atoms with van der Waals surface area (Å²) in [6, 6.07) is -0.842. The molecule has 1 aliphatic rings. The Bertz CT molecular complexity index is 467. The Morgan fingerprint density at radius 3 is 2.38 bits per heavy atom. The molecule has 0 aromatic rings. The van der Waals surface area contributed by atoms with Crippen LogP contribution >= 0.6 is 0 Å². The third-order valence-corrected chi connectivity index (χ3v) is 2.87. The average Bonchev–Trinajstić information content (AvgIpc) is 2.74. The van der Waals surface area contributed by atoms with E-state index in [0.717, 1.165) is 17.1 Å². The van der Waals surface area contributed by atoms with E-state index in [1.807, 2.05) is 0 Å². The van der Waals surface area contributed by atoms with Gasteiger partial charge >= 0.3 is 5.97 Å². The fourth-order valence-electron chi connectivity index (χ4n) is 1.78. The molecule has 0 bridgehead atoms. The standard InChI is InChI=1S/C13H16N2O6/c16-8-9(3-6-13(20)21)14-10(17)2-1-7-15-11(18)4-5-12(15)19/h4-5,8-9H,1-3,6-7H2,(H,14,17)(H,20,21). The first-order valence-electron chi connectivity index (χ1n) is 6.44. The maximum atomic E-state index is 11.6. The van der Waals surface area contributed by atoms with Crippen molar-refractivity contribution in [3.05, 3.63) is 12.2 Å². The Hall–Kier alpha value is -2.51. The number of amides is 3. The maximum Gasteiger partial charge on any atom is 0.303 e. The predicted octanol–water partition coefficient (Wildman–Crippen LogP) is -0.760. The van der Waals surface area contributed by atoms with Crippen molar-refractivity contribution in [2.24, 2.45) is 0 Å². The first-order chi connectivity index (χ1) is 9.93. The van der Waals surface area contributed by atoms with Crippen LogP contribution in [0.4, 0.5) is 0 Å². The molecule has 0 aliphatic carbocycles. The van der Waals surface area contributed by atoms with Gasteiger partial charge in [-0.25, -0.2) is 0 Å². The van der Waals surface area contributed by atoms with E-state index in [1.54, 1.807) is 0 Å². The van der Waals surface area contributed by atoms with Gasteiger partial charge in [0.2, 0.25) is 5.91 Å². The van der Waals surface area contributed by atoms with Crippen LogP contribution < -0.4 is 5.32 Å². The summed E-state index contributed by atoms with van der Waals surface area (Å²) in [5.74, 6) is -2.29. The number of carbonyl (C=O) groups excluding carboxylic acids is 4. The van der Waals surface area contributed by atoms with Gasteiger partial charge in [0.15, 0.2) is 0 Å². The van der Waals surface area contributed by atoms with Crippen molar-refractivity contribution < 1.29 is 29.1 Å². The average molecular weight is 296 g/mol. The Morgan fingerprint density at radius 2 is 1.86 bits per heavy atom. The number of hydrogen-bond acceptors (Lipinski definition) is 5. The summed E-state index contributed by atoms with van der Waals surface area (Å²) >= 11 is 0. The predicted molar refractivity (Wildman–Crippen MR) is 70.0 cm³/mol. The zero-order valence-corrected chi connectivity index (χ0v) is 11.3. The fourth-order valence-corrected chi connectivity index (χ4v) is 1.78. The third kappa shape index (κ3) is 5.55. The molecule has 114 valence electrons. The third-order valence-electron chi connectivity index (χ3n) is 2.87. The second-order valence-corrected chi connectivity index (χ2v) is 4.51. The highest BCUT2D eigenvalue weighted by molar-refractivity contribution is 6.12. The monoisotopic (exact) mass is 296 g/mol. The molecule has 1 unspecified atom stereocenters. The number of carbonyl (C=O) groups is 5. The quantitative estimate of drug-likeness (QED) is 0.426. The van der Waals surface area contributed by atoms with Gasteiger partial charge in [-0.1, -0.05) is 0 Å². The van der Waals surface area contributed by atoms with Gasteiger partial charge in [0.1, 0.15) is 6.29 Å².